The number of fused-ring (bicyclic) bond motifs is 1. The molecule has 1 heterocycles. The highest BCUT2D eigenvalue weighted by Gasteiger charge is 2.30. The Morgan fingerprint density at radius 1 is 1.09 bits per heavy atom. The Labute approximate surface area is 204 Å². The first-order valence-corrected chi connectivity index (χ1v) is 10.3. The third-order valence-corrected chi connectivity index (χ3v) is 5.16. The van der Waals surface area contributed by atoms with Crippen molar-refractivity contribution in [3.05, 3.63) is 70.3 Å². The van der Waals surface area contributed by atoms with Crippen LogP contribution in [0.3, 0.4) is 0 Å². The number of nitrogens with one attached hydrogen (secondary N) is 2. The van der Waals surface area contributed by atoms with Gasteiger partial charge in [0.05, 0.1) is 12.7 Å². The number of aromatic hydroxyl groups is 1. The van der Waals surface area contributed by atoms with Crippen molar-refractivity contribution in [1.82, 2.24) is 10.3 Å². The topological polar surface area (TPSA) is 96.6 Å². The second kappa shape index (κ2) is 9.39. The summed E-state index contributed by atoms with van der Waals surface area (Å²) in [5, 5.41) is 14.8. The van der Waals surface area contributed by atoms with Gasteiger partial charge in [-0.2, -0.15) is 8.78 Å². The minimum Gasteiger partial charge on any atom is -0.507 e. The molecule has 1 amide bonds. The molecule has 0 unspecified atom stereocenters. The zero-order chi connectivity index (χ0) is 25.4. The molecule has 4 aromatic rings. The molecule has 0 atom stereocenters. The summed E-state index contributed by atoms with van der Waals surface area (Å²) in [5.41, 5.74) is -0.223. The SMILES string of the molecule is COc1c(F)c(F)c(C(=O)NC(=S)Nc2ccc(-c3nc4cc(Cl)ccc4o3)c(O)c2)c(F)c1F. The van der Waals surface area contributed by atoms with Gasteiger partial charge in [-0.25, -0.2) is 13.8 Å². The van der Waals surface area contributed by atoms with Crippen LogP contribution < -0.4 is 15.4 Å². The second-order valence-corrected chi connectivity index (χ2v) is 7.78. The van der Waals surface area contributed by atoms with Crippen molar-refractivity contribution in [3.8, 4) is 23.0 Å². The maximum Gasteiger partial charge on any atom is 0.263 e. The van der Waals surface area contributed by atoms with Crippen molar-refractivity contribution in [2.24, 2.45) is 0 Å². The van der Waals surface area contributed by atoms with Crippen molar-refractivity contribution in [2.75, 3.05) is 12.4 Å². The van der Waals surface area contributed by atoms with E-state index in [0.717, 1.165) is 7.11 Å². The average Bonchev–Trinajstić information content (AvgIpc) is 3.21. The number of carbonyl (C=O) groups excluding carboxylic acids is 1. The maximum atomic E-state index is 14.1. The van der Waals surface area contributed by atoms with Crippen LogP contribution >= 0.6 is 23.8 Å². The normalized spacial score (nSPS) is 10.9. The Balaban J connectivity index is 1.52. The predicted molar refractivity (Wildman–Crippen MR) is 123 cm³/mol. The predicted octanol–water partition coefficient (Wildman–Crippen LogP) is 5.55. The number of phenolic OH excluding ortho intramolecular Hbond substituents is 1. The summed E-state index contributed by atoms with van der Waals surface area (Å²) in [6, 6.07) is 8.90. The molecule has 3 aromatic carbocycles. The number of ether oxygens (including phenoxy) is 1. The molecule has 0 spiro atoms. The number of methoxy groups -OCH3 is 1. The largest absolute Gasteiger partial charge is 0.507 e. The smallest absolute Gasteiger partial charge is 0.263 e. The lowest BCUT2D eigenvalue weighted by molar-refractivity contribution is 0.0966. The van der Waals surface area contributed by atoms with Gasteiger partial charge >= 0.3 is 0 Å². The van der Waals surface area contributed by atoms with Gasteiger partial charge in [0.15, 0.2) is 28.1 Å². The number of carbonyl (C=O) groups is 1. The molecule has 0 aliphatic rings. The van der Waals surface area contributed by atoms with Gasteiger partial charge in [0, 0.05) is 16.8 Å². The number of rotatable bonds is 4. The fraction of sp³-hybridized carbons (Fsp3) is 0.0455. The number of halogens is 5. The number of hydrogen-bond donors (Lipinski definition) is 3. The van der Waals surface area contributed by atoms with Gasteiger partial charge in [-0.1, -0.05) is 11.6 Å². The third kappa shape index (κ3) is 4.57. The van der Waals surface area contributed by atoms with E-state index in [-0.39, 0.29) is 22.9 Å². The van der Waals surface area contributed by atoms with Crippen molar-refractivity contribution in [3.63, 3.8) is 0 Å². The minimum atomic E-state index is -1.96. The molecule has 0 saturated heterocycles. The lowest BCUT2D eigenvalue weighted by Crippen LogP contribution is -2.35. The molecule has 0 radical (unpaired) electrons. The van der Waals surface area contributed by atoms with Crippen LogP contribution in [0.25, 0.3) is 22.6 Å². The van der Waals surface area contributed by atoms with Crippen LogP contribution in [-0.4, -0.2) is 28.2 Å². The Morgan fingerprint density at radius 3 is 2.40 bits per heavy atom. The second-order valence-electron chi connectivity index (χ2n) is 6.94. The number of oxazole rings is 1. The summed E-state index contributed by atoms with van der Waals surface area (Å²) in [7, 11) is 0.805. The number of amides is 1. The summed E-state index contributed by atoms with van der Waals surface area (Å²) in [4.78, 5) is 16.5. The molecule has 35 heavy (non-hydrogen) atoms. The van der Waals surface area contributed by atoms with E-state index < -0.39 is 45.6 Å². The fourth-order valence-electron chi connectivity index (χ4n) is 3.12. The minimum absolute atomic E-state index is 0.108. The molecule has 0 fully saturated rings. The number of aromatic nitrogens is 1. The lowest BCUT2D eigenvalue weighted by Gasteiger charge is -2.13. The average molecular weight is 526 g/mol. The Bertz CT molecular complexity index is 1480. The summed E-state index contributed by atoms with van der Waals surface area (Å²) in [6.45, 7) is 0. The third-order valence-electron chi connectivity index (χ3n) is 4.72. The first-order chi connectivity index (χ1) is 16.6. The maximum absolute atomic E-state index is 14.1. The highest BCUT2D eigenvalue weighted by molar-refractivity contribution is 7.80. The van der Waals surface area contributed by atoms with E-state index in [0.29, 0.717) is 16.1 Å². The molecular formula is C22H12ClF4N3O4S. The Hall–Kier alpha value is -3.90. The summed E-state index contributed by atoms with van der Waals surface area (Å²) in [5.74, 6) is -10.7. The van der Waals surface area contributed by atoms with Crippen LogP contribution in [0.1, 0.15) is 10.4 Å². The van der Waals surface area contributed by atoms with E-state index in [4.69, 9.17) is 28.2 Å². The van der Waals surface area contributed by atoms with Gasteiger partial charge in [-0.05, 0) is 42.5 Å². The number of hydrogen-bond acceptors (Lipinski definition) is 6. The van der Waals surface area contributed by atoms with Gasteiger partial charge < -0.3 is 19.6 Å². The highest BCUT2D eigenvalue weighted by Crippen LogP contribution is 2.34. The molecule has 3 N–H and O–H groups in total. The molecule has 180 valence electrons. The molecule has 0 aliphatic heterocycles. The summed E-state index contributed by atoms with van der Waals surface area (Å²) < 4.78 is 65.9. The Morgan fingerprint density at radius 2 is 1.77 bits per heavy atom. The van der Waals surface area contributed by atoms with Crippen LogP contribution in [0.2, 0.25) is 5.02 Å². The van der Waals surface area contributed by atoms with E-state index in [1.54, 1.807) is 18.2 Å². The molecule has 7 nitrogen and oxygen atoms in total. The van der Waals surface area contributed by atoms with Gasteiger partial charge in [-0.3, -0.25) is 10.1 Å². The monoisotopic (exact) mass is 525 g/mol. The first-order valence-electron chi connectivity index (χ1n) is 9.52. The van der Waals surface area contributed by atoms with E-state index in [1.807, 2.05) is 5.32 Å². The molecular weight excluding hydrogens is 514 g/mol. The highest BCUT2D eigenvalue weighted by atomic mass is 35.5. The zero-order valence-corrected chi connectivity index (χ0v) is 19.0. The van der Waals surface area contributed by atoms with E-state index in [1.165, 1.54) is 18.2 Å². The van der Waals surface area contributed by atoms with Crippen molar-refractivity contribution in [1.29, 1.82) is 0 Å². The van der Waals surface area contributed by atoms with E-state index >= 15 is 0 Å². The number of benzene rings is 3. The molecule has 4 rings (SSSR count). The first kappa shape index (κ1) is 24.2. The van der Waals surface area contributed by atoms with E-state index in [2.05, 4.69) is 15.0 Å². The summed E-state index contributed by atoms with van der Waals surface area (Å²) in [6.07, 6.45) is 0. The van der Waals surface area contributed by atoms with Crippen LogP contribution in [-0.2, 0) is 0 Å². The Kier molecular flexibility index (Phi) is 6.50. The quantitative estimate of drug-likeness (QED) is 0.183. The number of nitrogens with zero attached hydrogens (tertiary/aromatic N) is 1. The van der Waals surface area contributed by atoms with Crippen molar-refractivity contribution < 1.29 is 36.6 Å². The van der Waals surface area contributed by atoms with Crippen LogP contribution in [0.4, 0.5) is 23.2 Å². The van der Waals surface area contributed by atoms with Crippen molar-refractivity contribution >= 4 is 51.6 Å². The summed E-state index contributed by atoms with van der Waals surface area (Å²) >= 11 is 10.8. The molecule has 13 heteroatoms. The van der Waals surface area contributed by atoms with Gasteiger partial charge in [0.1, 0.15) is 16.8 Å². The molecule has 1 aromatic heterocycles. The molecule has 0 aliphatic carbocycles. The standard InChI is InChI=1S/C22H12ClF4N3O4S/c1-33-19-17(26)15(24)14(16(25)18(19)27)20(32)30-22(35)28-9-3-4-10(12(31)7-9)21-29-11-6-8(23)2-5-13(11)34-21/h2-7,31H,1H3,(H2,28,30,32,35). The van der Waals surface area contributed by atoms with Gasteiger partial charge in [-0.15, -0.1) is 0 Å². The van der Waals surface area contributed by atoms with Gasteiger partial charge in [0.2, 0.25) is 17.5 Å². The number of phenols is 1. The molecule has 0 saturated carbocycles. The van der Waals surface area contributed by atoms with E-state index in [9.17, 15) is 27.5 Å². The van der Waals surface area contributed by atoms with Crippen LogP contribution in [0, 0.1) is 23.3 Å². The fourth-order valence-corrected chi connectivity index (χ4v) is 3.50. The molecule has 0 bridgehead atoms. The number of anilines is 1. The zero-order valence-electron chi connectivity index (χ0n) is 17.4. The lowest BCUT2D eigenvalue weighted by atomic mass is 10.1. The number of thiocarbonyl (C=S) groups is 1. The van der Waals surface area contributed by atoms with Crippen molar-refractivity contribution in [2.45, 2.75) is 0 Å². The van der Waals surface area contributed by atoms with Crippen LogP contribution in [0.5, 0.6) is 11.5 Å². The van der Waals surface area contributed by atoms with Gasteiger partial charge in [0.25, 0.3) is 5.91 Å². The van der Waals surface area contributed by atoms with Crippen LogP contribution in [0.15, 0.2) is 40.8 Å².